The molecule has 0 unspecified atom stereocenters. The highest BCUT2D eigenvalue weighted by Gasteiger charge is 2.23. The summed E-state index contributed by atoms with van der Waals surface area (Å²) in [5.74, 6) is 2.12. The van der Waals surface area contributed by atoms with Gasteiger partial charge in [-0.05, 0) is 36.8 Å². The maximum absolute atomic E-state index is 6.01. The number of nitrogens with zero attached hydrogens (tertiary/aromatic N) is 3. The monoisotopic (exact) mass is 366 g/mol. The van der Waals surface area contributed by atoms with E-state index in [2.05, 4.69) is 27.4 Å². The van der Waals surface area contributed by atoms with Gasteiger partial charge in [0.25, 0.3) is 5.88 Å². The topological polar surface area (TPSA) is 73.1 Å². The average Bonchev–Trinajstić information content (AvgIpc) is 3.14. The number of aromatic nitrogens is 3. The molecule has 0 fully saturated rings. The van der Waals surface area contributed by atoms with Gasteiger partial charge in [-0.3, -0.25) is 0 Å². The van der Waals surface area contributed by atoms with Crippen LogP contribution >= 0.6 is 11.8 Å². The van der Waals surface area contributed by atoms with Gasteiger partial charge >= 0.3 is 0 Å². The number of furan rings is 1. The summed E-state index contributed by atoms with van der Waals surface area (Å²) < 4.78 is 11.3. The van der Waals surface area contributed by atoms with Gasteiger partial charge in [0.05, 0.1) is 6.26 Å². The third-order valence-corrected chi connectivity index (χ3v) is 4.81. The summed E-state index contributed by atoms with van der Waals surface area (Å²) in [6.07, 6.45) is 6.02. The van der Waals surface area contributed by atoms with Crippen LogP contribution in [0.3, 0.4) is 0 Å². The van der Waals surface area contributed by atoms with Gasteiger partial charge < -0.3 is 14.5 Å². The predicted octanol–water partition coefficient (Wildman–Crippen LogP) is 4.48. The first-order valence-electron chi connectivity index (χ1n) is 8.45. The molecule has 1 aliphatic rings. The first kappa shape index (κ1) is 16.7. The molecule has 3 heterocycles. The van der Waals surface area contributed by atoms with E-state index in [0.29, 0.717) is 16.7 Å². The minimum absolute atomic E-state index is 0.409. The zero-order valence-electron chi connectivity index (χ0n) is 14.3. The number of para-hydroxylation sites is 1. The summed E-state index contributed by atoms with van der Waals surface area (Å²) in [6, 6.07) is 11.7. The lowest BCUT2D eigenvalue weighted by atomic mass is 10.1. The zero-order valence-corrected chi connectivity index (χ0v) is 15.1. The largest absolute Gasteiger partial charge is 0.465 e. The van der Waals surface area contributed by atoms with Crippen LogP contribution in [0.1, 0.15) is 19.1 Å². The van der Waals surface area contributed by atoms with E-state index in [1.54, 1.807) is 18.0 Å². The highest BCUT2D eigenvalue weighted by molar-refractivity contribution is 7.99. The lowest BCUT2D eigenvalue weighted by Crippen LogP contribution is -2.23. The number of hydrogen-bond donors (Lipinski definition) is 1. The second-order valence-corrected chi connectivity index (χ2v) is 6.76. The van der Waals surface area contributed by atoms with E-state index in [9.17, 15) is 0 Å². The van der Waals surface area contributed by atoms with Crippen molar-refractivity contribution in [2.24, 2.45) is 0 Å². The Hall–Kier alpha value is -2.80. The molecule has 4 rings (SSSR count). The van der Waals surface area contributed by atoms with Gasteiger partial charge in [0.2, 0.25) is 5.16 Å². The van der Waals surface area contributed by atoms with Crippen molar-refractivity contribution in [3.63, 3.8) is 0 Å². The Morgan fingerprint density at radius 1 is 1.19 bits per heavy atom. The molecule has 6 nitrogen and oxygen atoms in total. The molecule has 1 atom stereocenters. The van der Waals surface area contributed by atoms with Crippen molar-refractivity contribution in [3.8, 4) is 17.1 Å². The van der Waals surface area contributed by atoms with Crippen LogP contribution in [0.2, 0.25) is 0 Å². The molecule has 0 aliphatic carbocycles. The predicted molar refractivity (Wildman–Crippen MR) is 102 cm³/mol. The molecular formula is C19H18N4O2S. The molecule has 132 valence electrons. The molecule has 0 saturated carbocycles. The lowest BCUT2D eigenvalue weighted by Gasteiger charge is -2.14. The number of nitrogens with one attached hydrogen (secondary N) is 1. The second-order valence-electron chi connectivity index (χ2n) is 5.70. The fraction of sp³-hybridized carbons (Fsp3) is 0.211. The number of fused-ring (bicyclic) bond motifs is 3. The third-order valence-electron chi connectivity index (χ3n) is 3.77. The molecule has 0 amide bonds. The van der Waals surface area contributed by atoms with Crippen molar-refractivity contribution in [1.29, 1.82) is 0 Å². The number of anilines is 1. The highest BCUT2D eigenvalue weighted by Crippen LogP contribution is 2.36. The molecule has 26 heavy (non-hydrogen) atoms. The fourth-order valence-corrected chi connectivity index (χ4v) is 3.23. The lowest BCUT2D eigenvalue weighted by molar-refractivity contribution is 0.265. The van der Waals surface area contributed by atoms with Gasteiger partial charge in [0, 0.05) is 17.0 Å². The van der Waals surface area contributed by atoms with Gasteiger partial charge in [-0.2, -0.15) is 0 Å². The van der Waals surface area contributed by atoms with E-state index in [4.69, 9.17) is 9.15 Å². The summed E-state index contributed by atoms with van der Waals surface area (Å²) in [6.45, 7) is 2.13. The Bertz CT molecular complexity index is 912. The molecule has 2 aromatic heterocycles. The third kappa shape index (κ3) is 3.57. The average molecular weight is 366 g/mol. The van der Waals surface area contributed by atoms with Gasteiger partial charge in [-0.25, -0.2) is 4.98 Å². The number of benzene rings is 1. The molecule has 1 aromatic carbocycles. The maximum Gasteiger partial charge on any atom is 0.262 e. The standard InChI is InChI=1S/C19H18N4O2S/c1-2-12-26-19-21-17-14-7-3-4-8-15(14)20-16(25-18(17)22-23-19)10-9-13-6-5-11-24-13/h3-11,16,20H,2,12H2,1H3/t16-/m0/s1. The Morgan fingerprint density at radius 3 is 2.96 bits per heavy atom. The van der Waals surface area contributed by atoms with Gasteiger partial charge in [-0.15, -0.1) is 10.2 Å². The molecular weight excluding hydrogens is 348 g/mol. The summed E-state index contributed by atoms with van der Waals surface area (Å²) in [7, 11) is 0. The molecule has 1 aliphatic heterocycles. The second kappa shape index (κ2) is 7.61. The Morgan fingerprint density at radius 2 is 2.12 bits per heavy atom. The number of ether oxygens (including phenoxy) is 1. The van der Waals surface area contributed by atoms with Crippen molar-refractivity contribution in [3.05, 3.63) is 54.5 Å². The summed E-state index contributed by atoms with van der Waals surface area (Å²) >= 11 is 1.60. The van der Waals surface area contributed by atoms with E-state index in [1.165, 1.54) is 0 Å². The molecule has 0 saturated heterocycles. The first-order valence-corrected chi connectivity index (χ1v) is 9.44. The van der Waals surface area contributed by atoms with Gasteiger partial charge in [0.1, 0.15) is 11.5 Å². The molecule has 1 N–H and O–H groups in total. The quantitative estimate of drug-likeness (QED) is 0.668. The normalized spacial score (nSPS) is 15.7. The molecule has 0 radical (unpaired) electrons. The van der Waals surface area contributed by atoms with Crippen molar-refractivity contribution in [2.75, 3.05) is 11.1 Å². The summed E-state index contributed by atoms with van der Waals surface area (Å²) in [4.78, 5) is 4.68. The SMILES string of the molecule is CCCSc1nnc2c(n1)-c1ccccc1N[C@H](C=Cc1ccco1)O2. The Kier molecular flexibility index (Phi) is 4.88. The van der Waals surface area contributed by atoms with Crippen LogP contribution < -0.4 is 10.1 Å². The van der Waals surface area contributed by atoms with Crippen molar-refractivity contribution in [1.82, 2.24) is 15.2 Å². The fourth-order valence-electron chi connectivity index (χ4n) is 2.58. The van der Waals surface area contributed by atoms with Crippen LogP contribution in [-0.2, 0) is 0 Å². The molecule has 3 aromatic rings. The van der Waals surface area contributed by atoms with Crippen LogP contribution in [0.4, 0.5) is 5.69 Å². The van der Waals surface area contributed by atoms with Crippen molar-refractivity contribution >= 4 is 23.5 Å². The van der Waals surface area contributed by atoms with Crippen LogP contribution in [0.25, 0.3) is 17.3 Å². The van der Waals surface area contributed by atoms with E-state index in [1.807, 2.05) is 48.6 Å². The maximum atomic E-state index is 6.01. The van der Waals surface area contributed by atoms with Gasteiger partial charge in [0.15, 0.2) is 6.23 Å². The van der Waals surface area contributed by atoms with Crippen LogP contribution in [0.15, 0.2) is 58.3 Å². The summed E-state index contributed by atoms with van der Waals surface area (Å²) in [5, 5.41) is 12.5. The highest BCUT2D eigenvalue weighted by atomic mass is 32.2. The van der Waals surface area contributed by atoms with Crippen molar-refractivity contribution in [2.45, 2.75) is 24.7 Å². The van der Waals surface area contributed by atoms with Crippen molar-refractivity contribution < 1.29 is 9.15 Å². The minimum atomic E-state index is -0.409. The van der Waals surface area contributed by atoms with Crippen LogP contribution in [0, 0.1) is 0 Å². The van der Waals surface area contributed by atoms with E-state index in [-0.39, 0.29) is 0 Å². The Balaban J connectivity index is 1.69. The smallest absolute Gasteiger partial charge is 0.262 e. The minimum Gasteiger partial charge on any atom is -0.465 e. The van der Waals surface area contributed by atoms with Crippen LogP contribution in [-0.4, -0.2) is 27.2 Å². The Labute approximate surface area is 155 Å². The summed E-state index contributed by atoms with van der Waals surface area (Å²) in [5.41, 5.74) is 2.59. The first-order chi connectivity index (χ1) is 12.8. The van der Waals surface area contributed by atoms with E-state index >= 15 is 0 Å². The number of rotatable bonds is 5. The van der Waals surface area contributed by atoms with Crippen LogP contribution in [0.5, 0.6) is 5.88 Å². The van der Waals surface area contributed by atoms with Gasteiger partial charge in [-0.1, -0.05) is 36.9 Å². The zero-order chi connectivity index (χ0) is 17.8. The molecule has 0 spiro atoms. The molecule has 7 heteroatoms. The number of hydrogen-bond acceptors (Lipinski definition) is 7. The molecule has 0 bridgehead atoms. The number of thioether (sulfide) groups is 1. The van der Waals surface area contributed by atoms with E-state index in [0.717, 1.165) is 29.2 Å². The van der Waals surface area contributed by atoms with E-state index < -0.39 is 6.23 Å².